The molecule has 3 nitrogen and oxygen atoms in total. The minimum absolute atomic E-state index is 0.125. The SMILES string of the molecule is CC[C@@H]1C[C@H](OCc2ccccc2)[C@@H](OCc2ccccc2)[C@H](c2cc(Cc3cc4ccccc4s3)c(C(F)(F)F)cc2C)O1. The van der Waals surface area contributed by atoms with Crippen molar-refractivity contribution in [2.24, 2.45) is 0 Å². The van der Waals surface area contributed by atoms with Crippen molar-refractivity contribution in [3.8, 4) is 0 Å². The minimum Gasteiger partial charge on any atom is -0.371 e. The second-order valence-electron chi connectivity index (χ2n) is 11.7. The Bertz CT molecular complexity index is 1670. The molecule has 1 aliphatic rings. The lowest BCUT2D eigenvalue weighted by atomic mass is 9.87. The predicted molar refractivity (Wildman–Crippen MR) is 173 cm³/mol. The van der Waals surface area contributed by atoms with Crippen LogP contribution in [0.5, 0.6) is 0 Å². The molecular formula is C38H37F3O3S. The third-order valence-corrected chi connectivity index (χ3v) is 9.61. The molecule has 1 fully saturated rings. The molecule has 6 rings (SSSR count). The van der Waals surface area contributed by atoms with E-state index < -0.39 is 23.9 Å². The van der Waals surface area contributed by atoms with Gasteiger partial charge in [0.05, 0.1) is 31.0 Å². The molecule has 0 amide bonds. The second kappa shape index (κ2) is 13.9. The number of hydrogen-bond donors (Lipinski definition) is 0. The van der Waals surface area contributed by atoms with Gasteiger partial charge in [-0.25, -0.2) is 0 Å². The molecule has 5 aromatic rings. The highest BCUT2D eigenvalue weighted by molar-refractivity contribution is 7.19. The second-order valence-corrected chi connectivity index (χ2v) is 12.9. The molecule has 1 saturated heterocycles. The highest BCUT2D eigenvalue weighted by atomic mass is 32.1. The Morgan fingerprint density at radius 1 is 0.822 bits per heavy atom. The lowest BCUT2D eigenvalue weighted by Gasteiger charge is -2.42. The van der Waals surface area contributed by atoms with E-state index in [1.165, 1.54) is 17.4 Å². The molecule has 7 heteroatoms. The van der Waals surface area contributed by atoms with Crippen molar-refractivity contribution in [3.63, 3.8) is 0 Å². The Morgan fingerprint density at radius 2 is 1.47 bits per heavy atom. The summed E-state index contributed by atoms with van der Waals surface area (Å²) >= 11 is 1.53. The van der Waals surface area contributed by atoms with Gasteiger partial charge >= 0.3 is 6.18 Å². The first kappa shape index (κ1) is 31.5. The van der Waals surface area contributed by atoms with E-state index in [2.05, 4.69) is 6.92 Å². The molecule has 1 aliphatic heterocycles. The van der Waals surface area contributed by atoms with Crippen molar-refractivity contribution >= 4 is 21.4 Å². The third kappa shape index (κ3) is 7.50. The van der Waals surface area contributed by atoms with Crippen LogP contribution in [0, 0.1) is 6.92 Å². The maximum atomic E-state index is 14.5. The first-order valence-electron chi connectivity index (χ1n) is 15.4. The Morgan fingerprint density at radius 3 is 2.11 bits per heavy atom. The van der Waals surface area contributed by atoms with E-state index in [-0.39, 0.29) is 24.2 Å². The zero-order valence-electron chi connectivity index (χ0n) is 25.4. The zero-order chi connectivity index (χ0) is 31.4. The monoisotopic (exact) mass is 630 g/mol. The summed E-state index contributed by atoms with van der Waals surface area (Å²) in [6, 6.07) is 32.7. The van der Waals surface area contributed by atoms with Crippen LogP contribution in [0.1, 0.15) is 64.1 Å². The Hall–Kier alpha value is -3.49. The van der Waals surface area contributed by atoms with Gasteiger partial charge in [-0.15, -0.1) is 11.3 Å². The Kier molecular flexibility index (Phi) is 9.71. The van der Waals surface area contributed by atoms with Gasteiger partial charge in [0.15, 0.2) is 0 Å². The van der Waals surface area contributed by atoms with E-state index in [0.29, 0.717) is 30.8 Å². The summed E-state index contributed by atoms with van der Waals surface area (Å²) in [6.07, 6.45) is -4.49. The highest BCUT2D eigenvalue weighted by Gasteiger charge is 2.42. The van der Waals surface area contributed by atoms with Gasteiger partial charge in [0.2, 0.25) is 0 Å². The lowest BCUT2D eigenvalue weighted by Crippen LogP contribution is -2.46. The maximum absolute atomic E-state index is 14.5. The first-order valence-corrected chi connectivity index (χ1v) is 16.2. The minimum atomic E-state index is -4.49. The van der Waals surface area contributed by atoms with E-state index >= 15 is 0 Å². The van der Waals surface area contributed by atoms with Crippen LogP contribution >= 0.6 is 11.3 Å². The summed E-state index contributed by atoms with van der Waals surface area (Å²) in [5, 5.41) is 1.03. The smallest absolute Gasteiger partial charge is 0.371 e. The molecule has 0 aliphatic carbocycles. The molecule has 1 aromatic heterocycles. The van der Waals surface area contributed by atoms with E-state index in [4.69, 9.17) is 14.2 Å². The molecule has 234 valence electrons. The normalized spacial score (nSPS) is 20.5. The van der Waals surface area contributed by atoms with Crippen molar-refractivity contribution in [1.82, 2.24) is 0 Å². The number of thiophene rings is 1. The van der Waals surface area contributed by atoms with Crippen LogP contribution < -0.4 is 0 Å². The number of ether oxygens (including phenoxy) is 3. The van der Waals surface area contributed by atoms with Crippen LogP contribution in [0.15, 0.2) is 103 Å². The average molecular weight is 631 g/mol. The number of alkyl halides is 3. The van der Waals surface area contributed by atoms with Gasteiger partial charge < -0.3 is 14.2 Å². The molecule has 0 bridgehead atoms. The van der Waals surface area contributed by atoms with Gasteiger partial charge in [-0.3, -0.25) is 0 Å². The fraction of sp³-hybridized carbons (Fsp3) is 0.316. The topological polar surface area (TPSA) is 27.7 Å². The fourth-order valence-electron chi connectivity index (χ4n) is 6.14. The zero-order valence-corrected chi connectivity index (χ0v) is 26.2. The summed E-state index contributed by atoms with van der Waals surface area (Å²) in [6.45, 7) is 4.54. The van der Waals surface area contributed by atoms with Crippen molar-refractivity contribution in [3.05, 3.63) is 141 Å². The van der Waals surface area contributed by atoms with Gasteiger partial charge in [0, 0.05) is 22.4 Å². The number of halogens is 3. The molecule has 0 N–H and O–H groups in total. The number of rotatable bonds is 10. The van der Waals surface area contributed by atoms with Crippen LogP contribution in [0.25, 0.3) is 10.1 Å². The summed E-state index contributed by atoms with van der Waals surface area (Å²) in [5.41, 5.74) is 2.92. The number of fused-ring (bicyclic) bond motifs is 1. The molecular weight excluding hydrogens is 593 g/mol. The number of aryl methyl sites for hydroxylation is 1. The molecule has 4 aromatic carbocycles. The van der Waals surface area contributed by atoms with Crippen molar-refractivity contribution < 1.29 is 27.4 Å². The molecule has 0 radical (unpaired) electrons. The lowest BCUT2D eigenvalue weighted by molar-refractivity contribution is -0.211. The Balaban J connectivity index is 1.38. The molecule has 0 saturated carbocycles. The Labute approximate surface area is 266 Å². The predicted octanol–water partition coefficient (Wildman–Crippen LogP) is 10.2. The van der Waals surface area contributed by atoms with Crippen molar-refractivity contribution in [2.75, 3.05) is 0 Å². The van der Waals surface area contributed by atoms with E-state index in [1.54, 1.807) is 13.0 Å². The van der Waals surface area contributed by atoms with Gasteiger partial charge in [0.1, 0.15) is 12.2 Å². The molecule has 4 atom stereocenters. The summed E-state index contributed by atoms with van der Waals surface area (Å²) in [5.74, 6) is 0. The molecule has 2 heterocycles. The summed E-state index contributed by atoms with van der Waals surface area (Å²) in [4.78, 5) is 0.883. The highest BCUT2D eigenvalue weighted by Crippen LogP contribution is 2.42. The van der Waals surface area contributed by atoms with Gasteiger partial charge in [0.25, 0.3) is 0 Å². The number of hydrogen-bond acceptors (Lipinski definition) is 4. The maximum Gasteiger partial charge on any atom is 0.416 e. The van der Waals surface area contributed by atoms with Crippen LogP contribution in [0.4, 0.5) is 13.2 Å². The average Bonchev–Trinajstić information content (AvgIpc) is 3.46. The van der Waals surface area contributed by atoms with Crippen LogP contribution in [-0.4, -0.2) is 18.3 Å². The molecule has 0 unspecified atom stereocenters. The molecule has 45 heavy (non-hydrogen) atoms. The largest absolute Gasteiger partial charge is 0.416 e. The summed E-state index contributed by atoms with van der Waals surface area (Å²) in [7, 11) is 0. The summed E-state index contributed by atoms with van der Waals surface area (Å²) < 4.78 is 64.3. The fourth-order valence-corrected chi connectivity index (χ4v) is 7.23. The third-order valence-electron chi connectivity index (χ3n) is 8.49. The van der Waals surface area contributed by atoms with Gasteiger partial charge in [-0.05, 0) is 64.7 Å². The van der Waals surface area contributed by atoms with E-state index in [9.17, 15) is 13.2 Å². The van der Waals surface area contributed by atoms with Gasteiger partial charge in [-0.2, -0.15) is 13.2 Å². The van der Waals surface area contributed by atoms with Crippen LogP contribution in [0.3, 0.4) is 0 Å². The van der Waals surface area contributed by atoms with E-state index in [0.717, 1.165) is 32.5 Å². The standard InChI is InChI=1S/C38H37F3O3S/c1-3-30-22-34(42-23-26-12-6-4-7-13-26)37(43-24-27-14-8-5-9-15-27)36(44-30)32-21-29(33(18-25(32)2)38(39,40)41)20-31-19-28-16-10-11-17-35(28)45-31/h4-19,21,30,34,36-37H,3,20,22-24H2,1-2H3/t30-,34+,36+,37-/m1/s1. The molecule has 0 spiro atoms. The van der Waals surface area contributed by atoms with Crippen LogP contribution in [-0.2, 0) is 40.0 Å². The van der Waals surface area contributed by atoms with Crippen LogP contribution in [0.2, 0.25) is 0 Å². The quantitative estimate of drug-likeness (QED) is 0.154. The number of benzene rings is 4. The van der Waals surface area contributed by atoms with Crippen molar-refractivity contribution in [1.29, 1.82) is 0 Å². The van der Waals surface area contributed by atoms with Crippen molar-refractivity contribution in [2.45, 2.75) is 76.9 Å². The van der Waals surface area contributed by atoms with Gasteiger partial charge in [-0.1, -0.05) is 91.9 Å². The van der Waals surface area contributed by atoms with E-state index in [1.807, 2.05) is 91.0 Å². The first-order chi connectivity index (χ1) is 21.8.